The molecule has 0 spiro atoms. The van der Waals surface area contributed by atoms with E-state index in [0.717, 1.165) is 21.5 Å². The van der Waals surface area contributed by atoms with Crippen molar-refractivity contribution >= 4 is 32.9 Å². The average Bonchev–Trinajstić information content (AvgIpc) is 2.43. The largest absolute Gasteiger partial charge is 0.291 e. The second kappa shape index (κ2) is 4.09. The molecule has 0 aliphatic carbocycles. The summed E-state index contributed by atoms with van der Waals surface area (Å²) in [5.74, 6) is 0. The molecule has 0 saturated carbocycles. The van der Waals surface area contributed by atoms with Gasteiger partial charge in [-0.25, -0.2) is 0 Å². The summed E-state index contributed by atoms with van der Waals surface area (Å²) in [7, 11) is 0. The van der Waals surface area contributed by atoms with Gasteiger partial charge < -0.3 is 0 Å². The second-order valence-corrected chi connectivity index (χ2v) is 4.09. The summed E-state index contributed by atoms with van der Waals surface area (Å²) in [4.78, 5) is 10.9. The molecule has 18 heavy (non-hydrogen) atoms. The first-order valence-electron chi connectivity index (χ1n) is 5.52. The maximum Gasteiger partial charge on any atom is 0.141 e. The van der Waals surface area contributed by atoms with E-state index in [1.807, 2.05) is 47.9 Å². The molecule has 0 heterocycles. The summed E-state index contributed by atoms with van der Waals surface area (Å²) in [6, 6.07) is 15.3. The molecule has 0 amide bonds. The van der Waals surface area contributed by atoms with Crippen LogP contribution in [0.4, 0.5) is 11.4 Å². The minimum Gasteiger partial charge on any atom is -0.291 e. The Bertz CT molecular complexity index is 753. The van der Waals surface area contributed by atoms with E-state index < -0.39 is 0 Å². The molecule has 0 atom stereocenters. The monoisotopic (exact) mass is 238 g/mol. The Balaban J connectivity index is 2.46. The van der Waals surface area contributed by atoms with Crippen LogP contribution in [0.2, 0.25) is 0 Å². The fourth-order valence-corrected chi connectivity index (χ4v) is 2.19. The van der Waals surface area contributed by atoms with Gasteiger partial charge in [0.2, 0.25) is 0 Å². The first-order valence-corrected chi connectivity index (χ1v) is 5.52. The number of benzene rings is 3. The van der Waals surface area contributed by atoms with E-state index in [1.165, 1.54) is 0 Å². The molecule has 0 fully saturated rings. The molecule has 3 aromatic carbocycles. The summed E-state index contributed by atoms with van der Waals surface area (Å²) >= 11 is 0. The number of rotatable bonds is 2. The van der Waals surface area contributed by atoms with Gasteiger partial charge in [0.1, 0.15) is 5.69 Å². The van der Waals surface area contributed by atoms with E-state index in [2.05, 4.69) is 5.18 Å². The van der Waals surface area contributed by atoms with E-state index >= 15 is 0 Å². The predicted octanol–water partition coefficient (Wildman–Crippen LogP) is 4.19. The van der Waals surface area contributed by atoms with Gasteiger partial charge in [0, 0.05) is 5.39 Å². The van der Waals surface area contributed by atoms with Crippen molar-refractivity contribution in [2.24, 2.45) is 5.18 Å². The molecule has 3 rings (SSSR count). The Labute approximate surface area is 103 Å². The fourth-order valence-electron chi connectivity index (χ4n) is 2.19. The van der Waals surface area contributed by atoms with Crippen molar-refractivity contribution in [1.29, 1.82) is 0 Å². The minimum atomic E-state index is 0.223. The van der Waals surface area contributed by atoms with Crippen LogP contribution in [0, 0.1) is 4.91 Å². The molecule has 4 nitrogen and oxygen atoms in total. The Morgan fingerprint density at radius 2 is 1.67 bits per heavy atom. The molecule has 88 valence electrons. The van der Waals surface area contributed by atoms with Crippen molar-refractivity contribution in [2.75, 3.05) is 5.48 Å². The highest BCUT2D eigenvalue weighted by Gasteiger charge is 2.08. The van der Waals surface area contributed by atoms with Gasteiger partial charge in [-0.15, -0.1) is 4.91 Å². The number of fused-ring (bicyclic) bond motifs is 2. The van der Waals surface area contributed by atoms with Crippen LogP contribution in [0.5, 0.6) is 0 Å². The van der Waals surface area contributed by atoms with Crippen LogP contribution in [0.25, 0.3) is 21.5 Å². The number of nitrogens with zero attached hydrogens (tertiary/aromatic N) is 1. The Kier molecular flexibility index (Phi) is 2.42. The lowest BCUT2D eigenvalue weighted by Gasteiger charge is -2.07. The van der Waals surface area contributed by atoms with Gasteiger partial charge in [-0.05, 0) is 39.5 Å². The van der Waals surface area contributed by atoms with Crippen molar-refractivity contribution in [3.8, 4) is 0 Å². The standard InChI is InChI=1S/C14H10N2O2/c17-15-13-6-5-11-7-9-3-1-2-4-10(9)8-12(11)14(13)16-18/h1-8,15,17H. The van der Waals surface area contributed by atoms with Crippen molar-refractivity contribution in [3.63, 3.8) is 0 Å². The van der Waals surface area contributed by atoms with E-state index in [0.29, 0.717) is 5.69 Å². The van der Waals surface area contributed by atoms with E-state index in [1.54, 1.807) is 6.07 Å². The van der Waals surface area contributed by atoms with Gasteiger partial charge in [-0.2, -0.15) is 0 Å². The SMILES string of the molecule is O=Nc1c(NO)ccc2cc3ccccc3cc12. The number of hydrogen-bond donors (Lipinski definition) is 2. The summed E-state index contributed by atoms with van der Waals surface area (Å²) in [5, 5.41) is 15.8. The predicted molar refractivity (Wildman–Crippen MR) is 72.3 cm³/mol. The topological polar surface area (TPSA) is 61.7 Å². The van der Waals surface area contributed by atoms with Crippen LogP contribution in [0.15, 0.2) is 53.7 Å². The van der Waals surface area contributed by atoms with Crippen LogP contribution in [-0.2, 0) is 0 Å². The zero-order chi connectivity index (χ0) is 12.5. The highest BCUT2D eigenvalue weighted by atomic mass is 16.5. The van der Waals surface area contributed by atoms with Crippen molar-refractivity contribution in [3.05, 3.63) is 53.4 Å². The summed E-state index contributed by atoms with van der Waals surface area (Å²) < 4.78 is 0. The number of anilines is 1. The molecule has 4 heteroatoms. The minimum absolute atomic E-state index is 0.223. The Hall–Kier alpha value is -2.46. The molecule has 0 radical (unpaired) electrons. The van der Waals surface area contributed by atoms with Gasteiger partial charge in [0.05, 0.1) is 5.69 Å². The van der Waals surface area contributed by atoms with Crippen LogP contribution < -0.4 is 5.48 Å². The van der Waals surface area contributed by atoms with Crippen LogP contribution >= 0.6 is 0 Å². The third-order valence-electron chi connectivity index (χ3n) is 3.07. The number of nitroso groups, excluding NO2 is 1. The first-order chi connectivity index (χ1) is 8.83. The van der Waals surface area contributed by atoms with Crippen LogP contribution in [0.1, 0.15) is 0 Å². The first kappa shape index (κ1) is 10.7. The van der Waals surface area contributed by atoms with Gasteiger partial charge in [-0.1, -0.05) is 30.3 Å². The number of nitrogens with one attached hydrogen (secondary N) is 1. The van der Waals surface area contributed by atoms with Crippen molar-refractivity contribution < 1.29 is 5.21 Å². The third-order valence-corrected chi connectivity index (χ3v) is 3.07. The van der Waals surface area contributed by atoms with Crippen LogP contribution in [0.3, 0.4) is 0 Å². The van der Waals surface area contributed by atoms with Gasteiger partial charge in [0.15, 0.2) is 0 Å². The molecule has 0 aliphatic rings. The van der Waals surface area contributed by atoms with Crippen molar-refractivity contribution in [2.45, 2.75) is 0 Å². The third kappa shape index (κ3) is 1.51. The molecular weight excluding hydrogens is 228 g/mol. The normalized spacial score (nSPS) is 10.7. The highest BCUT2D eigenvalue weighted by Crippen LogP contribution is 2.35. The highest BCUT2D eigenvalue weighted by molar-refractivity contribution is 6.05. The smallest absolute Gasteiger partial charge is 0.141 e. The van der Waals surface area contributed by atoms with E-state index in [-0.39, 0.29) is 5.69 Å². The summed E-state index contributed by atoms with van der Waals surface area (Å²) in [6.07, 6.45) is 0. The molecular formula is C14H10N2O2. The molecule has 2 N–H and O–H groups in total. The zero-order valence-corrected chi connectivity index (χ0v) is 9.42. The lowest BCUT2D eigenvalue weighted by molar-refractivity contribution is 0.389. The second-order valence-electron chi connectivity index (χ2n) is 4.09. The quantitative estimate of drug-likeness (QED) is 0.399. The zero-order valence-electron chi connectivity index (χ0n) is 9.42. The van der Waals surface area contributed by atoms with Crippen LogP contribution in [-0.4, -0.2) is 5.21 Å². The van der Waals surface area contributed by atoms with E-state index in [4.69, 9.17) is 5.21 Å². The van der Waals surface area contributed by atoms with Crippen molar-refractivity contribution in [1.82, 2.24) is 0 Å². The Morgan fingerprint density at radius 3 is 2.33 bits per heavy atom. The lowest BCUT2D eigenvalue weighted by Crippen LogP contribution is -1.90. The molecule has 0 aliphatic heterocycles. The summed E-state index contributed by atoms with van der Waals surface area (Å²) in [5.41, 5.74) is 2.53. The maximum absolute atomic E-state index is 10.9. The van der Waals surface area contributed by atoms with Gasteiger partial charge in [0.25, 0.3) is 0 Å². The molecule has 0 aromatic heterocycles. The average molecular weight is 238 g/mol. The van der Waals surface area contributed by atoms with Gasteiger partial charge >= 0.3 is 0 Å². The lowest BCUT2D eigenvalue weighted by atomic mass is 10.0. The van der Waals surface area contributed by atoms with Gasteiger partial charge in [-0.3, -0.25) is 10.7 Å². The number of hydrogen-bond acceptors (Lipinski definition) is 4. The Morgan fingerprint density at radius 1 is 0.944 bits per heavy atom. The molecule has 3 aromatic rings. The van der Waals surface area contributed by atoms with E-state index in [9.17, 15) is 4.91 Å². The molecule has 0 unspecified atom stereocenters. The molecule has 0 bridgehead atoms. The maximum atomic E-state index is 10.9. The summed E-state index contributed by atoms with van der Waals surface area (Å²) in [6.45, 7) is 0. The fraction of sp³-hybridized carbons (Fsp3) is 0. The molecule has 0 saturated heterocycles.